The lowest BCUT2D eigenvalue weighted by atomic mass is 10.1. The summed E-state index contributed by atoms with van der Waals surface area (Å²) in [5, 5.41) is 20.2. The molecule has 1 N–H and O–H groups in total. The van der Waals surface area contributed by atoms with Crippen LogP contribution in [0.3, 0.4) is 0 Å². The predicted octanol–water partition coefficient (Wildman–Crippen LogP) is 4.14. The average molecular weight is 482 g/mol. The third kappa shape index (κ3) is 3.73. The molecule has 0 radical (unpaired) electrons. The SMILES string of the molecule is O=C1S/C(=C\c2ccc(O)c(I)c2)C(=O)N1Cc1ccccc1[N+](=O)[O-]. The molecule has 1 saturated heterocycles. The first-order valence-electron chi connectivity index (χ1n) is 7.33. The Morgan fingerprint density at radius 2 is 1.96 bits per heavy atom. The van der Waals surface area contributed by atoms with Crippen LogP contribution >= 0.6 is 34.4 Å². The highest BCUT2D eigenvalue weighted by Gasteiger charge is 2.36. The van der Waals surface area contributed by atoms with Crippen LogP contribution in [0, 0.1) is 13.7 Å². The number of rotatable bonds is 4. The molecule has 2 aromatic carbocycles. The molecule has 0 aliphatic carbocycles. The van der Waals surface area contributed by atoms with Crippen LogP contribution < -0.4 is 0 Å². The Morgan fingerprint density at radius 1 is 1.23 bits per heavy atom. The maximum atomic E-state index is 12.6. The largest absolute Gasteiger partial charge is 0.507 e. The van der Waals surface area contributed by atoms with Crippen LogP contribution in [0.25, 0.3) is 6.08 Å². The smallest absolute Gasteiger partial charge is 0.293 e. The fourth-order valence-electron chi connectivity index (χ4n) is 2.39. The summed E-state index contributed by atoms with van der Waals surface area (Å²) in [5.74, 6) is -0.367. The fraction of sp³-hybridized carbons (Fsp3) is 0.0588. The van der Waals surface area contributed by atoms with Crippen LogP contribution in [-0.2, 0) is 11.3 Å². The molecule has 1 aliphatic rings. The van der Waals surface area contributed by atoms with Gasteiger partial charge >= 0.3 is 0 Å². The molecule has 26 heavy (non-hydrogen) atoms. The van der Waals surface area contributed by atoms with Crippen LogP contribution in [0.15, 0.2) is 47.4 Å². The highest BCUT2D eigenvalue weighted by molar-refractivity contribution is 14.1. The van der Waals surface area contributed by atoms with E-state index >= 15 is 0 Å². The van der Waals surface area contributed by atoms with E-state index in [0.29, 0.717) is 14.7 Å². The van der Waals surface area contributed by atoms with Gasteiger partial charge in [0.25, 0.3) is 16.8 Å². The first kappa shape index (κ1) is 18.4. The van der Waals surface area contributed by atoms with Gasteiger partial charge in [-0.3, -0.25) is 24.6 Å². The van der Waals surface area contributed by atoms with E-state index in [1.165, 1.54) is 24.3 Å². The number of phenols is 1. The van der Waals surface area contributed by atoms with Crippen molar-refractivity contribution in [2.24, 2.45) is 0 Å². The molecule has 2 amide bonds. The standard InChI is InChI=1S/C17H11IN2O5S/c18-12-7-10(5-6-14(12)21)8-15-16(22)19(17(23)26-15)9-11-3-1-2-4-13(11)20(24)25/h1-8,21H,9H2/b15-8-. The Bertz CT molecular complexity index is 960. The van der Waals surface area contributed by atoms with Gasteiger partial charge in [0.2, 0.25) is 0 Å². The summed E-state index contributed by atoms with van der Waals surface area (Å²) >= 11 is 2.75. The third-order valence-electron chi connectivity index (χ3n) is 3.66. The lowest BCUT2D eigenvalue weighted by Crippen LogP contribution is -2.27. The fourth-order valence-corrected chi connectivity index (χ4v) is 3.77. The average Bonchev–Trinajstić information content (AvgIpc) is 2.86. The highest BCUT2D eigenvalue weighted by Crippen LogP contribution is 2.35. The second-order valence-electron chi connectivity index (χ2n) is 5.36. The molecule has 9 heteroatoms. The van der Waals surface area contributed by atoms with E-state index < -0.39 is 16.1 Å². The van der Waals surface area contributed by atoms with E-state index in [1.54, 1.807) is 24.3 Å². The summed E-state index contributed by atoms with van der Waals surface area (Å²) in [5.41, 5.74) is 0.826. The summed E-state index contributed by atoms with van der Waals surface area (Å²) in [6.07, 6.45) is 1.56. The van der Waals surface area contributed by atoms with Gasteiger partial charge in [-0.05, 0) is 58.1 Å². The number of benzene rings is 2. The maximum absolute atomic E-state index is 12.6. The Hall–Kier alpha value is -2.40. The van der Waals surface area contributed by atoms with E-state index in [0.717, 1.165) is 16.7 Å². The van der Waals surface area contributed by atoms with Gasteiger partial charge in [-0.2, -0.15) is 0 Å². The van der Waals surface area contributed by atoms with Crippen LogP contribution in [-0.4, -0.2) is 26.1 Å². The zero-order chi connectivity index (χ0) is 18.8. The number of nitro benzene ring substituents is 1. The summed E-state index contributed by atoms with van der Waals surface area (Å²) in [4.78, 5) is 36.5. The van der Waals surface area contributed by atoms with Gasteiger partial charge in [0.15, 0.2) is 0 Å². The van der Waals surface area contributed by atoms with Crippen molar-refractivity contribution < 1.29 is 19.6 Å². The van der Waals surface area contributed by atoms with Crippen LogP contribution in [0.2, 0.25) is 0 Å². The number of carbonyl (C=O) groups excluding carboxylic acids is 2. The van der Waals surface area contributed by atoms with E-state index in [4.69, 9.17) is 0 Å². The second-order valence-corrected chi connectivity index (χ2v) is 7.52. The van der Waals surface area contributed by atoms with Gasteiger partial charge in [-0.1, -0.05) is 24.3 Å². The molecule has 1 fully saturated rings. The Labute approximate surface area is 166 Å². The van der Waals surface area contributed by atoms with Crippen LogP contribution in [0.4, 0.5) is 10.5 Å². The normalized spacial score (nSPS) is 15.7. The Balaban J connectivity index is 1.87. The number of halogens is 1. The minimum atomic E-state index is -0.539. The number of hydrogen-bond donors (Lipinski definition) is 1. The summed E-state index contributed by atoms with van der Waals surface area (Å²) in [7, 11) is 0. The molecule has 2 aromatic rings. The Kier molecular flexibility index (Phi) is 5.28. The number of phenolic OH excluding ortho intramolecular Hbond substituents is 1. The molecular weight excluding hydrogens is 471 g/mol. The number of thioether (sulfide) groups is 1. The van der Waals surface area contributed by atoms with Crippen molar-refractivity contribution in [1.29, 1.82) is 0 Å². The maximum Gasteiger partial charge on any atom is 0.293 e. The third-order valence-corrected chi connectivity index (χ3v) is 5.43. The minimum Gasteiger partial charge on any atom is -0.507 e. The van der Waals surface area contributed by atoms with E-state index in [9.17, 15) is 24.8 Å². The predicted molar refractivity (Wildman–Crippen MR) is 105 cm³/mol. The van der Waals surface area contributed by atoms with Gasteiger partial charge in [0, 0.05) is 11.6 Å². The van der Waals surface area contributed by atoms with Crippen molar-refractivity contribution in [2.75, 3.05) is 0 Å². The first-order chi connectivity index (χ1) is 12.4. The number of nitrogens with zero attached hydrogens (tertiary/aromatic N) is 2. The van der Waals surface area contributed by atoms with Gasteiger partial charge in [-0.15, -0.1) is 0 Å². The Morgan fingerprint density at radius 3 is 2.65 bits per heavy atom. The molecule has 0 aromatic heterocycles. The first-order valence-corrected chi connectivity index (χ1v) is 9.22. The second kappa shape index (κ2) is 7.46. The topological polar surface area (TPSA) is 101 Å². The molecule has 132 valence electrons. The van der Waals surface area contributed by atoms with Crippen LogP contribution in [0.1, 0.15) is 11.1 Å². The molecule has 0 spiro atoms. The number of amides is 2. The summed E-state index contributed by atoms with van der Waals surface area (Å²) < 4.78 is 0.621. The number of imide groups is 1. The van der Waals surface area contributed by atoms with Crippen molar-refractivity contribution in [2.45, 2.75) is 6.54 Å². The number of hydrogen-bond acceptors (Lipinski definition) is 6. The van der Waals surface area contributed by atoms with Gasteiger partial charge in [-0.25, -0.2) is 0 Å². The van der Waals surface area contributed by atoms with E-state index in [2.05, 4.69) is 0 Å². The molecule has 0 unspecified atom stereocenters. The van der Waals surface area contributed by atoms with Crippen molar-refractivity contribution in [3.05, 3.63) is 72.2 Å². The van der Waals surface area contributed by atoms with E-state index in [1.807, 2.05) is 22.6 Å². The van der Waals surface area contributed by atoms with Crippen LogP contribution in [0.5, 0.6) is 5.75 Å². The van der Waals surface area contributed by atoms with Gasteiger partial charge in [0.05, 0.1) is 19.9 Å². The lowest BCUT2D eigenvalue weighted by molar-refractivity contribution is -0.385. The van der Waals surface area contributed by atoms with Crippen molar-refractivity contribution in [3.8, 4) is 5.75 Å². The molecule has 3 rings (SSSR count). The number of aromatic hydroxyl groups is 1. The molecule has 1 heterocycles. The van der Waals surface area contributed by atoms with E-state index in [-0.39, 0.29) is 22.9 Å². The molecule has 7 nitrogen and oxygen atoms in total. The van der Waals surface area contributed by atoms with Crippen molar-refractivity contribution in [1.82, 2.24) is 4.90 Å². The zero-order valence-corrected chi connectivity index (χ0v) is 16.1. The monoisotopic (exact) mass is 482 g/mol. The molecular formula is C17H11IN2O5S. The van der Waals surface area contributed by atoms with Crippen molar-refractivity contribution in [3.63, 3.8) is 0 Å². The summed E-state index contributed by atoms with van der Waals surface area (Å²) in [6, 6.07) is 10.8. The van der Waals surface area contributed by atoms with Crippen molar-refractivity contribution >= 4 is 57.3 Å². The molecule has 0 saturated carbocycles. The molecule has 1 aliphatic heterocycles. The molecule has 0 atom stereocenters. The number of carbonyl (C=O) groups is 2. The highest BCUT2D eigenvalue weighted by atomic mass is 127. The number of para-hydroxylation sites is 1. The van der Waals surface area contributed by atoms with Gasteiger partial charge in [0.1, 0.15) is 5.75 Å². The van der Waals surface area contributed by atoms with Gasteiger partial charge < -0.3 is 5.11 Å². The number of nitro groups is 1. The zero-order valence-electron chi connectivity index (χ0n) is 13.1. The quantitative estimate of drug-likeness (QED) is 0.304. The lowest BCUT2D eigenvalue weighted by Gasteiger charge is -2.12. The minimum absolute atomic E-state index is 0.132. The molecule has 0 bridgehead atoms. The summed E-state index contributed by atoms with van der Waals surface area (Å²) in [6.45, 7) is -0.160.